The Morgan fingerprint density at radius 1 is 0.620 bits per heavy atom. The number of carbonyl (C=O) groups excluding carboxylic acids is 3. The lowest BCUT2D eigenvalue weighted by Crippen LogP contribution is -2.32. The number of ketones is 1. The highest BCUT2D eigenvalue weighted by Gasteiger charge is 2.41. The molecule has 4 aromatic carbocycles. The van der Waals surface area contributed by atoms with E-state index in [0.29, 0.717) is 34.3 Å². The summed E-state index contributed by atoms with van der Waals surface area (Å²) in [5.41, 5.74) is 32.3. The van der Waals surface area contributed by atoms with E-state index in [1.807, 2.05) is 60.7 Å². The fraction of sp³-hybridized carbons (Fsp3) is 0.162. The van der Waals surface area contributed by atoms with Crippen molar-refractivity contribution < 1.29 is 14.4 Å². The van der Waals surface area contributed by atoms with Gasteiger partial charge in [0.15, 0.2) is 5.78 Å². The Balaban J connectivity index is 1.18. The van der Waals surface area contributed by atoms with Gasteiger partial charge in [0.1, 0.15) is 12.1 Å². The third-order valence-corrected chi connectivity index (χ3v) is 10.6. The summed E-state index contributed by atoms with van der Waals surface area (Å²) in [7, 11) is 0. The van der Waals surface area contributed by atoms with E-state index in [1.165, 1.54) is 0 Å². The number of primary amides is 2. The molecule has 0 bridgehead atoms. The third-order valence-electron chi connectivity index (χ3n) is 9.91. The third kappa shape index (κ3) is 5.18. The summed E-state index contributed by atoms with van der Waals surface area (Å²) < 4.78 is 0. The van der Waals surface area contributed by atoms with Crippen LogP contribution in [0.4, 0.5) is 0 Å². The fourth-order valence-corrected chi connectivity index (χ4v) is 7.80. The molecule has 12 N–H and O–H groups in total. The van der Waals surface area contributed by atoms with Crippen LogP contribution in [0, 0.1) is 0 Å². The van der Waals surface area contributed by atoms with E-state index in [0.717, 1.165) is 66.6 Å². The van der Waals surface area contributed by atoms with Crippen LogP contribution in [0.3, 0.4) is 0 Å². The Hall–Kier alpha value is -5.01. The van der Waals surface area contributed by atoms with Gasteiger partial charge in [-0.1, -0.05) is 47.5 Å². The Morgan fingerprint density at radius 3 is 1.44 bits per heavy atom. The number of aromatic amines is 2. The number of halogens is 2. The van der Waals surface area contributed by atoms with Crippen LogP contribution < -0.4 is 33.6 Å². The van der Waals surface area contributed by atoms with Gasteiger partial charge in [-0.15, -0.1) is 0 Å². The number of nitrogens with two attached hydrogens (primary N) is 4. The monoisotopic (exact) mass is 706 g/mol. The molecule has 11 nitrogen and oxygen atoms in total. The number of hydrogen-bond donors (Lipinski definition) is 8. The lowest BCUT2D eigenvalue weighted by atomic mass is 9.87. The van der Waals surface area contributed by atoms with E-state index in [2.05, 4.69) is 20.6 Å². The van der Waals surface area contributed by atoms with E-state index in [4.69, 9.17) is 46.1 Å². The normalized spacial score (nSPS) is 17.9. The molecular weight excluding hydrogens is 675 g/mol. The van der Waals surface area contributed by atoms with Crippen LogP contribution in [0.2, 0.25) is 10.0 Å². The van der Waals surface area contributed by atoms with Crippen molar-refractivity contribution in [3.63, 3.8) is 0 Å². The number of benzene rings is 4. The second kappa shape index (κ2) is 12.1. The smallest absolute Gasteiger partial charge is 0.238 e. The van der Waals surface area contributed by atoms with Crippen molar-refractivity contribution in [1.29, 1.82) is 0 Å². The maximum atomic E-state index is 14.7. The summed E-state index contributed by atoms with van der Waals surface area (Å²) in [6, 6.07) is 19.1. The quantitative estimate of drug-likeness (QED) is 0.110. The van der Waals surface area contributed by atoms with Crippen molar-refractivity contribution in [1.82, 2.24) is 20.6 Å². The Labute approximate surface area is 295 Å². The minimum atomic E-state index is -0.925. The first kappa shape index (κ1) is 32.2. The molecule has 8 rings (SSSR count). The minimum absolute atomic E-state index is 0.0776. The lowest BCUT2D eigenvalue weighted by molar-refractivity contribution is -0.123. The second-order valence-electron chi connectivity index (χ2n) is 12.8. The molecule has 4 heterocycles. The van der Waals surface area contributed by atoms with Gasteiger partial charge in [-0.25, -0.2) is 0 Å². The van der Waals surface area contributed by atoms with Gasteiger partial charge in [-0.2, -0.15) is 0 Å². The van der Waals surface area contributed by atoms with E-state index in [1.54, 1.807) is 12.1 Å². The van der Waals surface area contributed by atoms with Gasteiger partial charge < -0.3 is 32.9 Å². The molecule has 50 heavy (non-hydrogen) atoms. The van der Waals surface area contributed by atoms with Crippen LogP contribution in [0.25, 0.3) is 44.3 Å². The van der Waals surface area contributed by atoms with Crippen molar-refractivity contribution >= 4 is 62.6 Å². The van der Waals surface area contributed by atoms with E-state index >= 15 is 0 Å². The van der Waals surface area contributed by atoms with E-state index in [-0.39, 0.29) is 5.78 Å². The molecule has 0 spiro atoms. The van der Waals surface area contributed by atoms with Gasteiger partial charge in [0.2, 0.25) is 11.8 Å². The van der Waals surface area contributed by atoms with Crippen LogP contribution in [-0.4, -0.2) is 27.6 Å². The Kier molecular flexibility index (Phi) is 7.79. The summed E-state index contributed by atoms with van der Waals surface area (Å²) in [5, 5.41) is 9.67. The lowest BCUT2D eigenvalue weighted by Gasteiger charge is -2.21. The first-order valence-electron chi connectivity index (χ1n) is 16.0. The highest BCUT2D eigenvalue weighted by Crippen LogP contribution is 2.45. The first-order chi connectivity index (χ1) is 24.0. The average molecular weight is 708 g/mol. The number of carbonyl (C=O) groups is 3. The molecule has 6 aromatic rings. The largest absolute Gasteiger partial charge is 0.368 e. The van der Waals surface area contributed by atoms with Crippen molar-refractivity contribution in [2.75, 3.05) is 0 Å². The number of Topliss-reactive ketones (excluding diaryl/α,β-unsaturated/α-hetero) is 1. The molecule has 13 heteroatoms. The van der Waals surface area contributed by atoms with E-state index in [9.17, 15) is 14.4 Å². The van der Waals surface area contributed by atoms with Gasteiger partial charge in [-0.3, -0.25) is 25.0 Å². The number of amides is 2. The number of hydrogen-bond acceptors (Lipinski definition) is 7. The molecule has 0 fully saturated rings. The maximum Gasteiger partial charge on any atom is 0.238 e. The zero-order chi connectivity index (χ0) is 35.0. The number of H-pyrrole nitrogens is 2. The van der Waals surface area contributed by atoms with Crippen molar-refractivity contribution in [3.8, 4) is 22.5 Å². The minimum Gasteiger partial charge on any atom is -0.368 e. The molecule has 2 aromatic heterocycles. The van der Waals surface area contributed by atoms with Crippen LogP contribution in [0.5, 0.6) is 0 Å². The molecule has 0 saturated carbocycles. The van der Waals surface area contributed by atoms with Crippen LogP contribution in [0.15, 0.2) is 72.8 Å². The SMILES string of the molecule is NC(=O)C(N)c1ccc2[nH]c(-c3ccc(Cl)c4c3C(C(=O)C3NCc5c(Cl)ccc(-c6cc7cc(C(N)C(N)=O)ccc7[nH]6)c53)NC4)cc2c1. The molecule has 2 aliphatic heterocycles. The van der Waals surface area contributed by atoms with Crippen molar-refractivity contribution in [2.24, 2.45) is 22.9 Å². The van der Waals surface area contributed by atoms with Gasteiger partial charge in [0, 0.05) is 67.5 Å². The average Bonchev–Trinajstić information content (AvgIpc) is 3.91. The highest BCUT2D eigenvalue weighted by molar-refractivity contribution is 6.32. The van der Waals surface area contributed by atoms with Crippen LogP contribution in [0.1, 0.15) is 57.5 Å². The number of rotatable bonds is 8. The molecule has 2 aliphatic rings. The molecule has 0 saturated heterocycles. The summed E-state index contributed by atoms with van der Waals surface area (Å²) in [6.45, 7) is 0.825. The zero-order valence-electron chi connectivity index (χ0n) is 26.4. The number of aromatic nitrogens is 2. The van der Waals surface area contributed by atoms with Crippen molar-refractivity contribution in [2.45, 2.75) is 37.3 Å². The topological polar surface area (TPSA) is 211 Å². The molecule has 0 radical (unpaired) electrons. The first-order valence-corrected chi connectivity index (χ1v) is 16.7. The molecule has 4 atom stereocenters. The fourth-order valence-electron chi connectivity index (χ4n) is 7.34. The molecule has 252 valence electrons. The second-order valence-corrected chi connectivity index (χ2v) is 13.6. The molecule has 4 unspecified atom stereocenters. The standard InChI is InChI=1S/C37H32Cl2N8O3/c38-23-5-3-19(27-11-17-9-15(31(40)36(42)49)1-7-25(17)46-27)29-21(23)13-44-33(29)35(48)34-30-20(4-6-24(39)22(30)14-45-34)28-12-18-10-16(32(41)37(43)50)2-8-26(18)47-28/h1-12,31-34,44-47H,13-14,40-41H2,(H2,42,49)(H2,43,50). The Morgan fingerprint density at radius 2 is 1.04 bits per heavy atom. The van der Waals surface area contributed by atoms with Gasteiger partial charge in [0.25, 0.3) is 0 Å². The maximum absolute atomic E-state index is 14.7. The number of nitrogens with one attached hydrogen (secondary N) is 4. The van der Waals surface area contributed by atoms with Gasteiger partial charge >= 0.3 is 0 Å². The summed E-state index contributed by atoms with van der Waals surface area (Å²) >= 11 is 13.5. The summed E-state index contributed by atoms with van der Waals surface area (Å²) in [4.78, 5) is 45.1. The Bertz CT molecular complexity index is 2250. The summed E-state index contributed by atoms with van der Waals surface area (Å²) in [5.74, 6) is -1.30. The highest BCUT2D eigenvalue weighted by atomic mass is 35.5. The van der Waals surface area contributed by atoms with Crippen LogP contribution in [-0.2, 0) is 27.5 Å². The predicted molar refractivity (Wildman–Crippen MR) is 194 cm³/mol. The predicted octanol–water partition coefficient (Wildman–Crippen LogP) is 4.82. The number of fused-ring (bicyclic) bond motifs is 4. The zero-order valence-corrected chi connectivity index (χ0v) is 28.0. The van der Waals surface area contributed by atoms with Crippen LogP contribution >= 0.6 is 23.2 Å². The molecule has 2 amide bonds. The van der Waals surface area contributed by atoms with E-state index < -0.39 is 36.0 Å². The van der Waals surface area contributed by atoms with Gasteiger partial charge in [-0.05, 0) is 81.9 Å². The molecule has 0 aliphatic carbocycles. The van der Waals surface area contributed by atoms with Gasteiger partial charge in [0.05, 0.1) is 12.1 Å². The summed E-state index contributed by atoms with van der Waals surface area (Å²) in [6.07, 6.45) is 0. The molecular formula is C37H32Cl2N8O3. The van der Waals surface area contributed by atoms with Crippen molar-refractivity contribution in [3.05, 3.63) is 116 Å².